The molecule has 2 rings (SSSR count). The van der Waals surface area contributed by atoms with Crippen molar-refractivity contribution in [2.24, 2.45) is 5.84 Å². The van der Waals surface area contributed by atoms with Gasteiger partial charge in [0.15, 0.2) is 5.82 Å². The number of amides is 1. The summed E-state index contributed by atoms with van der Waals surface area (Å²) in [5.41, 5.74) is 7.05. The molecular formula is C13H15N5O2. The number of hydrogen-bond acceptors (Lipinski definition) is 6. The molecule has 0 aliphatic heterocycles. The Balaban J connectivity index is 2.37. The van der Waals surface area contributed by atoms with Crippen LogP contribution >= 0.6 is 0 Å². The second-order valence-corrected chi connectivity index (χ2v) is 4.07. The van der Waals surface area contributed by atoms with Crippen LogP contribution < -0.4 is 16.6 Å². The highest BCUT2D eigenvalue weighted by atomic mass is 16.3. The number of carbonyl (C=O) groups is 1. The molecule has 0 unspecified atom stereocenters. The van der Waals surface area contributed by atoms with E-state index in [-0.39, 0.29) is 24.8 Å². The number of aliphatic hydroxyl groups is 1. The monoisotopic (exact) mass is 273 g/mol. The first-order chi connectivity index (χ1) is 9.61. The molecule has 1 heterocycles. The Hall–Kier alpha value is -2.51. The van der Waals surface area contributed by atoms with Gasteiger partial charge in [0.25, 0.3) is 0 Å². The van der Waals surface area contributed by atoms with Gasteiger partial charge in [-0.05, 0) is 0 Å². The van der Waals surface area contributed by atoms with E-state index in [1.54, 1.807) is 6.07 Å². The summed E-state index contributed by atoms with van der Waals surface area (Å²) in [5, 5.41) is 9.62. The molecule has 0 aliphatic carbocycles. The summed E-state index contributed by atoms with van der Waals surface area (Å²) in [7, 11) is 0. The maximum atomic E-state index is 11.6. The topological polar surface area (TPSA) is 118 Å². The molecule has 0 saturated carbocycles. The predicted molar refractivity (Wildman–Crippen MR) is 75.3 cm³/mol. The predicted octanol–water partition coefficient (Wildman–Crippen LogP) is 0.315. The number of anilines is 2. The van der Waals surface area contributed by atoms with Gasteiger partial charge in [0, 0.05) is 11.6 Å². The van der Waals surface area contributed by atoms with Crippen molar-refractivity contribution < 1.29 is 9.90 Å². The fourth-order valence-electron chi connectivity index (χ4n) is 1.68. The van der Waals surface area contributed by atoms with Crippen molar-refractivity contribution in [3.05, 3.63) is 36.4 Å². The Bertz CT molecular complexity index is 603. The number of aliphatic hydroxyl groups excluding tert-OH is 1. The number of benzene rings is 1. The van der Waals surface area contributed by atoms with Crippen LogP contribution in [0.1, 0.15) is 6.42 Å². The van der Waals surface area contributed by atoms with Crippen LogP contribution in [0.3, 0.4) is 0 Å². The van der Waals surface area contributed by atoms with E-state index in [0.717, 1.165) is 10.6 Å². The van der Waals surface area contributed by atoms with Crippen LogP contribution in [0, 0.1) is 0 Å². The lowest BCUT2D eigenvalue weighted by atomic mass is 10.1. The third-order valence-electron chi connectivity index (χ3n) is 2.64. The molecule has 5 N–H and O–H groups in total. The van der Waals surface area contributed by atoms with Gasteiger partial charge < -0.3 is 10.8 Å². The zero-order chi connectivity index (χ0) is 14.5. The van der Waals surface area contributed by atoms with Crippen molar-refractivity contribution in [3.63, 3.8) is 0 Å². The summed E-state index contributed by atoms with van der Waals surface area (Å²) in [6, 6.07) is 10.9. The van der Waals surface area contributed by atoms with Crippen LogP contribution in [-0.2, 0) is 4.79 Å². The van der Waals surface area contributed by atoms with E-state index < -0.39 is 5.91 Å². The molecule has 0 fully saturated rings. The average molecular weight is 273 g/mol. The Kier molecular flexibility index (Phi) is 4.24. The molecule has 0 saturated heterocycles. The van der Waals surface area contributed by atoms with Gasteiger partial charge in [0.2, 0.25) is 11.9 Å². The number of aromatic nitrogens is 2. The van der Waals surface area contributed by atoms with Gasteiger partial charge in [0.05, 0.1) is 18.7 Å². The Labute approximate surface area is 115 Å². The molecule has 7 nitrogen and oxygen atoms in total. The molecule has 0 atom stereocenters. The van der Waals surface area contributed by atoms with Crippen molar-refractivity contribution in [1.82, 2.24) is 9.97 Å². The Morgan fingerprint density at radius 2 is 1.95 bits per heavy atom. The fraction of sp³-hybridized carbons (Fsp3) is 0.154. The molecule has 104 valence electrons. The molecule has 0 bridgehead atoms. The average Bonchev–Trinajstić information content (AvgIpc) is 2.47. The van der Waals surface area contributed by atoms with Gasteiger partial charge in [0.1, 0.15) is 0 Å². The number of nitrogens with two attached hydrogens (primary N) is 2. The molecule has 1 aromatic heterocycles. The first-order valence-corrected chi connectivity index (χ1v) is 6.00. The summed E-state index contributed by atoms with van der Waals surface area (Å²) in [4.78, 5) is 19.7. The molecule has 0 radical (unpaired) electrons. The molecule has 0 aliphatic rings. The van der Waals surface area contributed by atoms with E-state index in [1.165, 1.54) is 0 Å². The number of nitrogens with zero attached hydrogens (tertiary/aromatic N) is 3. The highest BCUT2D eigenvalue weighted by Gasteiger charge is 2.15. The first kappa shape index (κ1) is 13.9. The Morgan fingerprint density at radius 1 is 1.25 bits per heavy atom. The van der Waals surface area contributed by atoms with E-state index in [1.807, 2.05) is 30.3 Å². The lowest BCUT2D eigenvalue weighted by Crippen LogP contribution is -2.38. The van der Waals surface area contributed by atoms with E-state index >= 15 is 0 Å². The zero-order valence-corrected chi connectivity index (χ0v) is 10.7. The van der Waals surface area contributed by atoms with Gasteiger partial charge in [-0.15, -0.1) is 0 Å². The highest BCUT2D eigenvalue weighted by molar-refractivity contribution is 5.91. The van der Waals surface area contributed by atoms with Gasteiger partial charge in [-0.2, -0.15) is 4.98 Å². The van der Waals surface area contributed by atoms with Crippen LogP contribution in [0.2, 0.25) is 0 Å². The fourth-order valence-corrected chi connectivity index (χ4v) is 1.68. The van der Waals surface area contributed by atoms with Crippen molar-refractivity contribution in [1.29, 1.82) is 0 Å². The van der Waals surface area contributed by atoms with E-state index in [9.17, 15) is 4.79 Å². The van der Waals surface area contributed by atoms with Crippen molar-refractivity contribution in [3.8, 4) is 11.3 Å². The van der Waals surface area contributed by atoms with Crippen LogP contribution in [0.5, 0.6) is 0 Å². The zero-order valence-electron chi connectivity index (χ0n) is 10.7. The maximum Gasteiger partial charge on any atom is 0.244 e. The normalized spacial score (nSPS) is 10.3. The van der Waals surface area contributed by atoms with Crippen LogP contribution in [0.15, 0.2) is 36.4 Å². The van der Waals surface area contributed by atoms with Gasteiger partial charge in [-0.1, -0.05) is 30.3 Å². The largest absolute Gasteiger partial charge is 0.396 e. The minimum Gasteiger partial charge on any atom is -0.396 e. The standard InChI is InChI=1S/C13H15N5O2/c14-13-16-10(9-4-2-1-3-5-9)8-11(17-13)18(15)12(20)6-7-19/h1-5,8,19H,6-7,15H2,(H2,14,16,17). The van der Waals surface area contributed by atoms with Crippen molar-refractivity contribution in [2.75, 3.05) is 17.3 Å². The number of hydrazine groups is 1. The molecule has 1 aromatic carbocycles. The second-order valence-electron chi connectivity index (χ2n) is 4.07. The maximum absolute atomic E-state index is 11.6. The van der Waals surface area contributed by atoms with E-state index in [4.69, 9.17) is 16.7 Å². The third-order valence-corrected chi connectivity index (χ3v) is 2.64. The van der Waals surface area contributed by atoms with Gasteiger partial charge in [-0.25, -0.2) is 15.8 Å². The summed E-state index contributed by atoms with van der Waals surface area (Å²) < 4.78 is 0. The summed E-state index contributed by atoms with van der Waals surface area (Å²) >= 11 is 0. The van der Waals surface area contributed by atoms with E-state index in [0.29, 0.717) is 5.69 Å². The molecular weight excluding hydrogens is 258 g/mol. The van der Waals surface area contributed by atoms with Crippen LogP contribution in [-0.4, -0.2) is 27.6 Å². The minimum atomic E-state index is -0.454. The second kappa shape index (κ2) is 6.09. The number of rotatable bonds is 4. The quantitative estimate of drug-likeness (QED) is 0.419. The van der Waals surface area contributed by atoms with E-state index in [2.05, 4.69) is 9.97 Å². The summed E-state index contributed by atoms with van der Waals surface area (Å²) in [5.74, 6) is 5.42. The molecule has 0 spiro atoms. The minimum absolute atomic E-state index is 0.0219. The Morgan fingerprint density at radius 3 is 2.60 bits per heavy atom. The third kappa shape index (κ3) is 3.08. The van der Waals surface area contributed by atoms with Crippen LogP contribution in [0.25, 0.3) is 11.3 Å². The number of hydrogen-bond donors (Lipinski definition) is 3. The highest BCUT2D eigenvalue weighted by Crippen LogP contribution is 2.21. The van der Waals surface area contributed by atoms with Crippen molar-refractivity contribution >= 4 is 17.7 Å². The first-order valence-electron chi connectivity index (χ1n) is 6.00. The van der Waals surface area contributed by atoms with Crippen LogP contribution in [0.4, 0.5) is 11.8 Å². The summed E-state index contributed by atoms with van der Waals surface area (Å²) in [6.45, 7) is -0.279. The lowest BCUT2D eigenvalue weighted by Gasteiger charge is -2.16. The summed E-state index contributed by atoms with van der Waals surface area (Å²) in [6.07, 6.45) is -0.0823. The SMILES string of the molecule is Nc1nc(-c2ccccc2)cc(N(N)C(=O)CCO)n1. The molecule has 1 amide bonds. The van der Waals surface area contributed by atoms with Gasteiger partial charge in [-0.3, -0.25) is 4.79 Å². The molecule has 2 aromatic rings. The molecule has 20 heavy (non-hydrogen) atoms. The lowest BCUT2D eigenvalue weighted by molar-refractivity contribution is -0.119. The number of carbonyl (C=O) groups excluding carboxylic acids is 1. The number of nitrogen functional groups attached to an aromatic ring is 1. The van der Waals surface area contributed by atoms with Crippen molar-refractivity contribution in [2.45, 2.75) is 6.42 Å². The molecule has 7 heteroatoms. The smallest absolute Gasteiger partial charge is 0.244 e. The van der Waals surface area contributed by atoms with Gasteiger partial charge >= 0.3 is 0 Å².